The molecule has 2 atom stereocenters. The number of carbonyl (C=O) groups excluding carboxylic acids is 4. The minimum atomic E-state index is -0.480. The lowest BCUT2D eigenvalue weighted by atomic mass is 9.95. The second kappa shape index (κ2) is 34.9. The third kappa shape index (κ3) is 18.2. The molecule has 3 N–H and O–H groups in total. The van der Waals surface area contributed by atoms with Crippen LogP contribution in [0.15, 0.2) is 156 Å². The molecule has 10 aromatic rings. The third-order valence-corrected chi connectivity index (χ3v) is 21.9. The van der Waals surface area contributed by atoms with E-state index in [0.29, 0.717) is 108 Å². The van der Waals surface area contributed by atoms with Gasteiger partial charge in [-0.1, -0.05) is 82.3 Å². The Morgan fingerprint density at radius 2 is 0.990 bits per heavy atom. The molecule has 0 spiro atoms. The van der Waals surface area contributed by atoms with Crippen LogP contribution in [0.5, 0.6) is 34.5 Å². The summed E-state index contributed by atoms with van der Waals surface area (Å²) in [6.45, 7) is 4.51. The highest BCUT2D eigenvalue weighted by Gasteiger charge is 2.38. The summed E-state index contributed by atoms with van der Waals surface area (Å²) in [5, 5.41) is 17.2. The van der Waals surface area contributed by atoms with Crippen LogP contribution in [-0.4, -0.2) is 200 Å². The molecular weight excluding hydrogens is 1400 g/mol. The van der Waals surface area contributed by atoms with Crippen molar-refractivity contribution in [2.75, 3.05) is 142 Å². The molecule has 0 fully saturated rings. The van der Waals surface area contributed by atoms with Crippen molar-refractivity contribution in [1.29, 1.82) is 0 Å². The number of phenols is 1. The van der Waals surface area contributed by atoms with Gasteiger partial charge in [0.1, 0.15) is 46.2 Å². The number of anilines is 2. The number of rotatable bonds is 25. The summed E-state index contributed by atoms with van der Waals surface area (Å²) < 4.78 is 29.0. The molecule has 0 radical (unpaired) electrons. The second-order valence-electron chi connectivity index (χ2n) is 23.7. The van der Waals surface area contributed by atoms with Gasteiger partial charge in [0.25, 0.3) is 11.8 Å². The summed E-state index contributed by atoms with van der Waals surface area (Å²) in [6, 6.07) is 41.6. The van der Waals surface area contributed by atoms with E-state index in [1.165, 1.54) is 4.90 Å². The van der Waals surface area contributed by atoms with Crippen LogP contribution >= 0.6 is 78.0 Å². The second-order valence-corrected chi connectivity index (χ2v) is 29.5. The quantitative estimate of drug-likeness (QED) is 0.0160. The Bertz CT molecular complexity index is 4460. The molecule has 0 saturated carbocycles. The number of nitrogens with zero attached hydrogens (tertiary/aromatic N) is 8. The van der Waals surface area contributed by atoms with Crippen molar-refractivity contribution in [2.45, 2.75) is 21.9 Å². The number of fused-ring (bicyclic) bond motifs is 8. The number of alkyl halides is 2. The van der Waals surface area contributed by atoms with Crippen molar-refractivity contribution in [3.63, 3.8) is 0 Å². The van der Waals surface area contributed by atoms with Crippen molar-refractivity contribution in [3.05, 3.63) is 168 Å². The Morgan fingerprint density at radius 3 is 1.43 bits per heavy atom. The number of pyridine rings is 2. The summed E-state index contributed by atoms with van der Waals surface area (Å²) in [7, 11) is 21.0. The van der Waals surface area contributed by atoms with Gasteiger partial charge in [-0.3, -0.25) is 14.4 Å². The molecular formula is C72H77Cl3N10O10S4. The van der Waals surface area contributed by atoms with Gasteiger partial charge < -0.3 is 68.2 Å². The highest BCUT2D eigenvalue weighted by atomic mass is 35.5. The summed E-state index contributed by atoms with van der Waals surface area (Å²) in [5.74, 6) is 4.65. The van der Waals surface area contributed by atoms with Gasteiger partial charge in [0.05, 0.1) is 25.6 Å². The van der Waals surface area contributed by atoms with Crippen LogP contribution in [-0.2, 0) is 0 Å². The maximum Gasteiger partial charge on any atom is 0.415 e. The van der Waals surface area contributed by atoms with E-state index in [0.717, 1.165) is 83.4 Å². The van der Waals surface area contributed by atoms with Crippen LogP contribution in [0, 0.1) is 0 Å². The molecule has 0 unspecified atom stereocenters. The molecule has 99 heavy (non-hydrogen) atoms. The zero-order valence-corrected chi connectivity index (χ0v) is 61.5. The fraction of sp³-hybridized carbons (Fsp3) is 0.306. The number of H-pyrrole nitrogens is 2. The van der Waals surface area contributed by atoms with E-state index in [1.54, 1.807) is 111 Å². The lowest BCUT2D eigenvalue weighted by molar-refractivity contribution is 0.0977. The Balaban J connectivity index is 0.000000183. The number of nitrogens with one attached hydrogen (secondary N) is 2. The number of aromatic amines is 2. The monoisotopic (exact) mass is 1470 g/mol. The third-order valence-electron chi connectivity index (χ3n) is 16.4. The van der Waals surface area contributed by atoms with Crippen LogP contribution in [0.1, 0.15) is 43.9 Å². The number of methoxy groups -OCH3 is 2. The number of ether oxygens (including phenoxy) is 5. The van der Waals surface area contributed by atoms with Gasteiger partial charge in [-0.25, -0.2) is 14.8 Å². The smallest absolute Gasteiger partial charge is 0.415 e. The van der Waals surface area contributed by atoms with E-state index in [9.17, 15) is 24.3 Å². The van der Waals surface area contributed by atoms with Crippen molar-refractivity contribution in [1.82, 2.24) is 39.5 Å². The highest BCUT2D eigenvalue weighted by Crippen LogP contribution is 2.48. The van der Waals surface area contributed by atoms with E-state index in [2.05, 4.69) is 19.9 Å². The number of hydrogen-bond acceptors (Lipinski definition) is 18. The number of halogens is 3. The summed E-state index contributed by atoms with van der Waals surface area (Å²) in [5.41, 5.74) is 5.71. The first-order valence-corrected chi connectivity index (χ1v) is 37.7. The summed E-state index contributed by atoms with van der Waals surface area (Å²) in [6.07, 6.45) is 3.04. The minimum Gasteiger partial charge on any atom is -0.507 e. The minimum absolute atomic E-state index is 0.0257. The van der Waals surface area contributed by atoms with Gasteiger partial charge in [-0.2, -0.15) is 0 Å². The molecule has 520 valence electrons. The van der Waals surface area contributed by atoms with Crippen LogP contribution < -0.4 is 33.5 Å². The predicted molar refractivity (Wildman–Crippen MR) is 405 cm³/mol. The lowest BCUT2D eigenvalue weighted by Gasteiger charge is -2.20. The topological polar surface area (TPSA) is 211 Å². The average molecular weight is 1480 g/mol. The van der Waals surface area contributed by atoms with Crippen LogP contribution in [0.25, 0.3) is 43.4 Å². The molecule has 0 saturated heterocycles. The van der Waals surface area contributed by atoms with E-state index in [4.69, 9.17) is 58.5 Å². The normalized spacial score (nSPS) is 13.8. The van der Waals surface area contributed by atoms with E-state index >= 15 is 0 Å². The number of carbonyl (C=O) groups is 4. The fourth-order valence-electron chi connectivity index (χ4n) is 11.3. The van der Waals surface area contributed by atoms with Gasteiger partial charge >= 0.3 is 11.5 Å². The first kappa shape index (κ1) is 73.8. The molecule has 2 aliphatic rings. The number of hydrogen-bond donors (Lipinski definition) is 3. The maximum atomic E-state index is 14.2. The molecule has 6 aromatic carbocycles. The Morgan fingerprint density at radius 1 is 0.545 bits per heavy atom. The Kier molecular flexibility index (Phi) is 26.0. The van der Waals surface area contributed by atoms with Crippen LogP contribution in [0.2, 0.25) is 0 Å². The first-order valence-electron chi connectivity index (χ1n) is 31.6. The molecule has 27 heteroatoms. The zero-order valence-electron chi connectivity index (χ0n) is 56.0. The number of benzene rings is 6. The summed E-state index contributed by atoms with van der Waals surface area (Å²) in [4.78, 5) is 77.4. The van der Waals surface area contributed by atoms with E-state index in [1.807, 2.05) is 159 Å². The molecule has 0 aliphatic carbocycles. The number of amides is 4. The SMILES string of the molecule is CN(CCSSc1ccccn1)C(=O)Cl.COc1cc2[nH]c(C(=O)N3C[C@@H](CCl)c4c3cc(O)c3ccccc43)cc2cc1OCCN(C)C.COc1cc2[nH]c(C(=O)N3C[C@@H](CCl)c4c3cc(OC(=O)N(C)CCSSc3ccccn3)c3ccccc43)cc2cc1OCCN(C)C. The van der Waals surface area contributed by atoms with Gasteiger partial charge in [-0.05, 0) is 132 Å². The molecule has 20 nitrogen and oxygen atoms in total. The van der Waals surface area contributed by atoms with Crippen molar-refractivity contribution in [2.24, 2.45) is 0 Å². The zero-order chi connectivity index (χ0) is 70.3. The highest BCUT2D eigenvalue weighted by molar-refractivity contribution is 8.77. The molecule has 4 aromatic heterocycles. The molecule has 12 rings (SSSR count). The van der Waals surface area contributed by atoms with E-state index in [-0.39, 0.29) is 29.4 Å². The van der Waals surface area contributed by atoms with Gasteiger partial charge in [0.15, 0.2) is 23.0 Å². The van der Waals surface area contributed by atoms with Crippen molar-refractivity contribution in [3.8, 4) is 34.5 Å². The average Bonchev–Trinajstić information content (AvgIpc) is 1.66. The largest absolute Gasteiger partial charge is 0.507 e. The maximum absolute atomic E-state index is 14.2. The van der Waals surface area contributed by atoms with Gasteiger partial charge in [0.2, 0.25) is 0 Å². The van der Waals surface area contributed by atoms with Crippen molar-refractivity contribution >= 4 is 156 Å². The number of aromatic hydroxyl groups is 1. The molecule has 2 aliphatic heterocycles. The number of phenolic OH excluding ortho intramolecular Hbond substituents is 1. The Hall–Kier alpha value is -7.91. The predicted octanol–water partition coefficient (Wildman–Crippen LogP) is 15.6. The van der Waals surface area contributed by atoms with Gasteiger partial charge in [0, 0.05) is 158 Å². The number of aromatic nitrogens is 4. The Labute approximate surface area is 606 Å². The molecule has 4 amide bonds. The molecule has 0 bridgehead atoms. The van der Waals surface area contributed by atoms with Gasteiger partial charge in [-0.15, -0.1) is 23.2 Å². The summed E-state index contributed by atoms with van der Waals surface area (Å²) >= 11 is 18.1. The lowest BCUT2D eigenvalue weighted by Crippen LogP contribution is -2.32. The van der Waals surface area contributed by atoms with E-state index < -0.39 is 11.5 Å². The van der Waals surface area contributed by atoms with Crippen molar-refractivity contribution < 1.29 is 48.0 Å². The number of likely N-dealkylation sites (N-methyl/N-ethyl adjacent to an activating group) is 2. The van der Waals surface area contributed by atoms with Crippen LogP contribution in [0.4, 0.5) is 21.0 Å². The standard InChI is InChI=1S/C36H38ClN5O5S2.C27H28ClN3O4.C9H11ClN2OS2/c1-40(2)13-15-46-32-18-23-17-28(39-27(23)19-31(32)45-4)35(43)42-22-24(21-37)34-26-10-6-5-9-25(26)30(20-29(34)42)47-36(44)41(3)14-16-48-49-33-11-7-8-12-38-33;1-30(2)8-9-35-25-11-16-10-21(29-20(16)12-24(25)34-3)27(33)31-15-17(14-28)26-19-7-5-4-6-18(19)23(32)13-22(26)31;1-12(9(10)13)6-7-14-15-8-4-2-3-5-11-8/h5-12,17-20,24,39H,13-16,21-22H2,1-4H3;4-7,10-13,17,29,32H,8-9,14-15H2,1-3H3;2-5H,6-7H2,1H3/t24-;17-;/m11./s1. The first-order chi connectivity index (χ1) is 47.9. The van der Waals surface area contributed by atoms with Crippen LogP contribution in [0.3, 0.4) is 0 Å². The molecule has 6 heterocycles. The fourth-order valence-corrected chi connectivity index (χ4v) is 15.7.